The zero-order valence-electron chi connectivity index (χ0n) is 19.6. The van der Waals surface area contributed by atoms with Gasteiger partial charge in [0, 0.05) is 18.9 Å². The molecule has 0 bridgehead atoms. The van der Waals surface area contributed by atoms with Crippen LogP contribution in [-0.2, 0) is 20.7 Å². The van der Waals surface area contributed by atoms with E-state index in [1.807, 2.05) is 44.2 Å². The number of hydrogen-bond donors (Lipinski definition) is 4. The lowest BCUT2D eigenvalue weighted by molar-refractivity contribution is -0.126. The van der Waals surface area contributed by atoms with Crippen molar-refractivity contribution in [2.45, 2.75) is 76.5 Å². The average molecular weight is 460 g/mol. The van der Waals surface area contributed by atoms with E-state index in [1.165, 1.54) is 0 Å². The smallest absolute Gasteiger partial charge is 0.408 e. The molecule has 0 aromatic heterocycles. The van der Waals surface area contributed by atoms with Gasteiger partial charge in [0.2, 0.25) is 11.8 Å². The summed E-state index contributed by atoms with van der Waals surface area (Å²) in [5.41, 5.74) is 0.580. The third-order valence-corrected chi connectivity index (χ3v) is 6.56. The number of carbonyl (C=O) groups is 3. The Bertz CT molecular complexity index is 810. The summed E-state index contributed by atoms with van der Waals surface area (Å²) in [4.78, 5) is 37.6. The first-order chi connectivity index (χ1) is 15.8. The third kappa shape index (κ3) is 7.19. The van der Waals surface area contributed by atoms with Crippen LogP contribution in [0.5, 0.6) is 0 Å². The minimum absolute atomic E-state index is 0.0488. The number of benzene rings is 1. The Morgan fingerprint density at radius 2 is 1.94 bits per heavy atom. The molecule has 1 heterocycles. The average Bonchev–Trinajstić information content (AvgIpc) is 3.15. The molecule has 1 aromatic carbocycles. The lowest BCUT2D eigenvalue weighted by atomic mass is 9.76. The maximum absolute atomic E-state index is 13.0. The fourth-order valence-electron chi connectivity index (χ4n) is 4.62. The van der Waals surface area contributed by atoms with Gasteiger partial charge in [-0.1, -0.05) is 44.2 Å². The Balaban J connectivity index is 1.58. The number of carbonyl (C=O) groups excluding carboxylic acids is 3. The number of ether oxygens (including phenoxy) is 1. The summed E-state index contributed by atoms with van der Waals surface area (Å²) in [6.07, 6.45) is 4.15. The molecule has 33 heavy (non-hydrogen) atoms. The fourth-order valence-corrected chi connectivity index (χ4v) is 4.62. The minimum Gasteiger partial charge on any atom is -0.443 e. The van der Waals surface area contributed by atoms with Crippen LogP contribution in [0, 0.1) is 11.8 Å². The summed E-state index contributed by atoms with van der Waals surface area (Å²) in [5, 5.41) is 18.1. The Labute approximate surface area is 195 Å². The van der Waals surface area contributed by atoms with Gasteiger partial charge < -0.3 is 25.8 Å². The normalized spacial score (nSPS) is 21.0. The van der Waals surface area contributed by atoms with Gasteiger partial charge in [-0.3, -0.25) is 9.59 Å². The number of hydrogen-bond acceptors (Lipinski definition) is 5. The van der Waals surface area contributed by atoms with Gasteiger partial charge in [0.15, 0.2) is 0 Å². The molecule has 1 aromatic rings. The molecule has 182 valence electrons. The molecule has 8 heteroatoms. The van der Waals surface area contributed by atoms with E-state index in [0.717, 1.165) is 24.8 Å². The van der Waals surface area contributed by atoms with E-state index in [4.69, 9.17) is 4.74 Å². The maximum Gasteiger partial charge on any atom is 0.408 e. The van der Waals surface area contributed by atoms with Crippen LogP contribution >= 0.6 is 0 Å². The predicted octanol–water partition coefficient (Wildman–Crippen LogP) is 2.30. The van der Waals surface area contributed by atoms with Gasteiger partial charge in [0.1, 0.15) is 11.6 Å². The number of amides is 3. The first-order valence-corrected chi connectivity index (χ1v) is 12.0. The summed E-state index contributed by atoms with van der Waals surface area (Å²) < 4.78 is 5.86. The van der Waals surface area contributed by atoms with Crippen LogP contribution in [0.4, 0.5) is 4.79 Å². The SMILES string of the molecule is CC(C)CC(NC(=O)OC1(Cc2ccccc2)CCC1)C(=O)NC(CO)CC1CCNC1=O. The number of aliphatic hydroxyl groups excluding tert-OH is 1. The van der Waals surface area contributed by atoms with Gasteiger partial charge in [-0.2, -0.15) is 0 Å². The molecule has 0 radical (unpaired) electrons. The van der Waals surface area contributed by atoms with Crippen molar-refractivity contribution >= 4 is 17.9 Å². The molecule has 4 N–H and O–H groups in total. The summed E-state index contributed by atoms with van der Waals surface area (Å²) >= 11 is 0. The van der Waals surface area contributed by atoms with Crippen LogP contribution in [0.25, 0.3) is 0 Å². The van der Waals surface area contributed by atoms with Gasteiger partial charge >= 0.3 is 6.09 Å². The van der Waals surface area contributed by atoms with E-state index >= 15 is 0 Å². The molecular weight excluding hydrogens is 422 g/mol. The Kier molecular flexibility index (Phi) is 8.72. The number of alkyl carbamates (subject to hydrolysis) is 1. The monoisotopic (exact) mass is 459 g/mol. The quantitative estimate of drug-likeness (QED) is 0.405. The van der Waals surface area contributed by atoms with Gasteiger partial charge in [0.25, 0.3) is 0 Å². The number of nitrogens with one attached hydrogen (secondary N) is 3. The zero-order valence-corrected chi connectivity index (χ0v) is 19.6. The summed E-state index contributed by atoms with van der Waals surface area (Å²) in [5.74, 6) is -0.479. The summed E-state index contributed by atoms with van der Waals surface area (Å²) in [6.45, 7) is 4.29. The highest BCUT2D eigenvalue weighted by Gasteiger charge is 2.41. The van der Waals surface area contributed by atoms with E-state index < -0.39 is 23.8 Å². The minimum atomic E-state index is -0.780. The van der Waals surface area contributed by atoms with E-state index in [1.54, 1.807) is 0 Å². The molecule has 3 unspecified atom stereocenters. The van der Waals surface area contributed by atoms with Crippen molar-refractivity contribution in [3.8, 4) is 0 Å². The standard InChI is InChI=1S/C25H37N3O5/c1-17(2)13-21(23(31)27-20(16-29)14-19-9-12-26-22(19)30)28-24(32)33-25(10-6-11-25)15-18-7-4-3-5-8-18/h3-5,7-8,17,19-21,29H,6,9-16H2,1-2H3,(H,26,30)(H,27,31)(H,28,32). The van der Waals surface area contributed by atoms with E-state index in [0.29, 0.717) is 32.2 Å². The molecule has 8 nitrogen and oxygen atoms in total. The molecular formula is C25H37N3O5. The molecule has 2 aliphatic rings. The van der Waals surface area contributed by atoms with Crippen molar-refractivity contribution in [3.63, 3.8) is 0 Å². The second-order valence-electron chi connectivity index (χ2n) is 9.82. The second kappa shape index (κ2) is 11.5. The molecule has 0 spiro atoms. The van der Waals surface area contributed by atoms with Crippen molar-refractivity contribution in [1.82, 2.24) is 16.0 Å². The second-order valence-corrected chi connectivity index (χ2v) is 9.82. The molecule has 3 rings (SSSR count). The van der Waals surface area contributed by atoms with E-state index in [2.05, 4.69) is 16.0 Å². The van der Waals surface area contributed by atoms with Crippen molar-refractivity contribution < 1.29 is 24.2 Å². The van der Waals surface area contributed by atoms with E-state index in [9.17, 15) is 19.5 Å². The van der Waals surface area contributed by atoms with Crippen LogP contribution in [-0.4, -0.2) is 53.9 Å². The van der Waals surface area contributed by atoms with Crippen LogP contribution in [0.3, 0.4) is 0 Å². The molecule has 1 saturated heterocycles. The first kappa shape index (κ1) is 25.0. The predicted molar refractivity (Wildman–Crippen MR) is 124 cm³/mol. The van der Waals surface area contributed by atoms with Crippen LogP contribution < -0.4 is 16.0 Å². The lowest BCUT2D eigenvalue weighted by Gasteiger charge is -2.41. The zero-order chi connectivity index (χ0) is 23.8. The van der Waals surface area contributed by atoms with E-state index in [-0.39, 0.29) is 30.3 Å². The Morgan fingerprint density at radius 3 is 2.48 bits per heavy atom. The highest BCUT2D eigenvalue weighted by molar-refractivity contribution is 5.86. The largest absolute Gasteiger partial charge is 0.443 e. The highest BCUT2D eigenvalue weighted by Crippen LogP contribution is 2.38. The molecule has 1 saturated carbocycles. The molecule has 1 aliphatic carbocycles. The van der Waals surface area contributed by atoms with Gasteiger partial charge in [0.05, 0.1) is 12.6 Å². The maximum atomic E-state index is 13.0. The van der Waals surface area contributed by atoms with Crippen molar-refractivity contribution in [3.05, 3.63) is 35.9 Å². The van der Waals surface area contributed by atoms with Gasteiger partial charge in [-0.25, -0.2) is 4.79 Å². The highest BCUT2D eigenvalue weighted by atomic mass is 16.6. The van der Waals surface area contributed by atoms with Crippen LogP contribution in [0.15, 0.2) is 30.3 Å². The number of aliphatic hydroxyl groups is 1. The van der Waals surface area contributed by atoms with Crippen molar-refractivity contribution in [2.75, 3.05) is 13.2 Å². The Morgan fingerprint density at radius 1 is 1.21 bits per heavy atom. The van der Waals surface area contributed by atoms with Crippen molar-refractivity contribution in [2.24, 2.45) is 11.8 Å². The molecule has 2 fully saturated rings. The topological polar surface area (TPSA) is 117 Å². The van der Waals surface area contributed by atoms with Crippen LogP contribution in [0.2, 0.25) is 0 Å². The van der Waals surface area contributed by atoms with Crippen molar-refractivity contribution in [1.29, 1.82) is 0 Å². The van der Waals surface area contributed by atoms with Gasteiger partial charge in [-0.15, -0.1) is 0 Å². The summed E-state index contributed by atoms with van der Waals surface area (Å²) in [7, 11) is 0. The molecule has 3 amide bonds. The molecule has 1 aliphatic heterocycles. The first-order valence-electron chi connectivity index (χ1n) is 12.0. The summed E-state index contributed by atoms with van der Waals surface area (Å²) in [6, 6.07) is 8.62. The third-order valence-electron chi connectivity index (χ3n) is 6.56. The Hall–Kier alpha value is -2.61. The number of rotatable bonds is 11. The van der Waals surface area contributed by atoms with Gasteiger partial charge in [-0.05, 0) is 50.0 Å². The lowest BCUT2D eigenvalue weighted by Crippen LogP contribution is -2.54. The van der Waals surface area contributed by atoms with Crippen LogP contribution in [0.1, 0.15) is 57.9 Å². The fraction of sp³-hybridized carbons (Fsp3) is 0.640. The molecule has 3 atom stereocenters.